The Balaban J connectivity index is 2.06. The minimum Gasteiger partial charge on any atom is -0.485 e. The third-order valence-electron chi connectivity index (χ3n) is 2.27. The molecular formula is C12H12ClNO2S. The third kappa shape index (κ3) is 3.19. The summed E-state index contributed by atoms with van der Waals surface area (Å²) in [5, 5.41) is 12.7. The summed E-state index contributed by atoms with van der Waals surface area (Å²) < 4.78 is 5.55. The largest absolute Gasteiger partial charge is 0.485 e. The van der Waals surface area contributed by atoms with Crippen LogP contribution in [0, 0.1) is 0 Å². The maximum atomic E-state index is 9.41. The van der Waals surface area contributed by atoms with Crippen LogP contribution in [0.4, 0.5) is 0 Å². The highest BCUT2D eigenvalue weighted by atomic mass is 35.5. The molecule has 1 aromatic heterocycles. The number of thiazole rings is 1. The topological polar surface area (TPSA) is 42.4 Å². The molecule has 1 unspecified atom stereocenters. The lowest BCUT2D eigenvalue weighted by atomic mass is 10.1. The molecule has 1 heterocycles. The van der Waals surface area contributed by atoms with Crippen molar-refractivity contribution in [2.45, 2.75) is 19.6 Å². The number of halogens is 1. The van der Waals surface area contributed by atoms with Gasteiger partial charge >= 0.3 is 0 Å². The van der Waals surface area contributed by atoms with Gasteiger partial charge in [-0.2, -0.15) is 0 Å². The highest BCUT2D eigenvalue weighted by Gasteiger charge is 2.07. The summed E-state index contributed by atoms with van der Waals surface area (Å²) >= 11 is 7.60. The Morgan fingerprint density at radius 3 is 2.94 bits per heavy atom. The molecule has 1 aromatic carbocycles. The van der Waals surface area contributed by atoms with Gasteiger partial charge in [-0.25, -0.2) is 4.98 Å². The first-order valence-electron chi connectivity index (χ1n) is 5.15. The summed E-state index contributed by atoms with van der Waals surface area (Å²) in [5.74, 6) is 0.603. The number of aliphatic hydroxyl groups excluding tert-OH is 1. The Kier molecular flexibility index (Phi) is 3.99. The number of aromatic nitrogens is 1. The van der Waals surface area contributed by atoms with E-state index in [1.165, 1.54) is 11.3 Å². The number of aliphatic hydroxyl groups is 1. The molecule has 0 aliphatic heterocycles. The van der Waals surface area contributed by atoms with Crippen LogP contribution in [-0.4, -0.2) is 10.1 Å². The summed E-state index contributed by atoms with van der Waals surface area (Å²) in [6.45, 7) is 2.10. The van der Waals surface area contributed by atoms with Crippen LogP contribution in [0.5, 0.6) is 5.75 Å². The van der Waals surface area contributed by atoms with Gasteiger partial charge in [0, 0.05) is 11.6 Å². The molecule has 0 amide bonds. The van der Waals surface area contributed by atoms with Crippen LogP contribution >= 0.6 is 22.9 Å². The van der Waals surface area contributed by atoms with Crippen LogP contribution in [-0.2, 0) is 6.61 Å². The van der Waals surface area contributed by atoms with E-state index in [0.29, 0.717) is 17.4 Å². The molecule has 0 aliphatic rings. The minimum absolute atomic E-state index is 0.408. The summed E-state index contributed by atoms with van der Waals surface area (Å²) in [6, 6.07) is 5.27. The van der Waals surface area contributed by atoms with E-state index in [9.17, 15) is 5.11 Å². The molecule has 1 atom stereocenters. The van der Waals surface area contributed by atoms with Crippen molar-refractivity contribution in [3.05, 3.63) is 45.4 Å². The standard InChI is InChI=1S/C12H12ClNO2S/c1-8(15)9-2-3-11(10(13)6-9)16-7-12-14-4-5-17-12/h2-6,8,15H,7H2,1H3. The van der Waals surface area contributed by atoms with Crippen molar-refractivity contribution in [1.82, 2.24) is 4.98 Å². The lowest BCUT2D eigenvalue weighted by Crippen LogP contribution is -1.97. The van der Waals surface area contributed by atoms with Gasteiger partial charge < -0.3 is 9.84 Å². The molecule has 5 heteroatoms. The van der Waals surface area contributed by atoms with Gasteiger partial charge in [-0.3, -0.25) is 0 Å². The molecule has 0 radical (unpaired) electrons. The Morgan fingerprint density at radius 1 is 1.53 bits per heavy atom. The van der Waals surface area contributed by atoms with E-state index >= 15 is 0 Å². The molecule has 17 heavy (non-hydrogen) atoms. The van der Waals surface area contributed by atoms with Gasteiger partial charge in [0.15, 0.2) is 0 Å². The van der Waals surface area contributed by atoms with Crippen molar-refractivity contribution < 1.29 is 9.84 Å². The molecule has 0 fully saturated rings. The van der Waals surface area contributed by atoms with E-state index in [-0.39, 0.29) is 0 Å². The monoisotopic (exact) mass is 269 g/mol. The number of rotatable bonds is 4. The van der Waals surface area contributed by atoms with Gasteiger partial charge in [0.25, 0.3) is 0 Å². The second-order valence-corrected chi connectivity index (χ2v) is 4.97. The van der Waals surface area contributed by atoms with Crippen LogP contribution in [0.1, 0.15) is 23.6 Å². The van der Waals surface area contributed by atoms with E-state index in [4.69, 9.17) is 16.3 Å². The second-order valence-electron chi connectivity index (χ2n) is 3.58. The van der Waals surface area contributed by atoms with Gasteiger partial charge in [0.1, 0.15) is 17.4 Å². The smallest absolute Gasteiger partial charge is 0.140 e. The average molecular weight is 270 g/mol. The normalized spacial score (nSPS) is 12.4. The number of nitrogens with zero attached hydrogens (tertiary/aromatic N) is 1. The molecule has 0 saturated carbocycles. The van der Waals surface area contributed by atoms with Crippen molar-refractivity contribution in [2.75, 3.05) is 0 Å². The number of hydrogen-bond donors (Lipinski definition) is 1. The van der Waals surface area contributed by atoms with Crippen molar-refractivity contribution in [3.63, 3.8) is 0 Å². The zero-order chi connectivity index (χ0) is 12.3. The van der Waals surface area contributed by atoms with Gasteiger partial charge in [-0.05, 0) is 24.6 Å². The molecule has 3 nitrogen and oxygen atoms in total. The molecular weight excluding hydrogens is 258 g/mol. The average Bonchev–Trinajstić information content (AvgIpc) is 2.80. The van der Waals surface area contributed by atoms with E-state index in [1.54, 1.807) is 31.3 Å². The van der Waals surface area contributed by atoms with Crippen molar-refractivity contribution in [2.24, 2.45) is 0 Å². The highest BCUT2D eigenvalue weighted by Crippen LogP contribution is 2.28. The maximum absolute atomic E-state index is 9.41. The predicted molar refractivity (Wildman–Crippen MR) is 68.5 cm³/mol. The Bertz CT molecular complexity index is 485. The fourth-order valence-electron chi connectivity index (χ4n) is 1.36. The summed E-state index contributed by atoms with van der Waals surface area (Å²) in [7, 11) is 0. The first-order chi connectivity index (χ1) is 8.16. The van der Waals surface area contributed by atoms with Crippen molar-refractivity contribution in [1.29, 1.82) is 0 Å². The first-order valence-corrected chi connectivity index (χ1v) is 6.41. The zero-order valence-corrected chi connectivity index (χ0v) is 10.8. The van der Waals surface area contributed by atoms with E-state index in [1.807, 2.05) is 5.38 Å². The molecule has 0 bridgehead atoms. The van der Waals surface area contributed by atoms with Crippen LogP contribution in [0.25, 0.3) is 0 Å². The predicted octanol–water partition coefficient (Wildman–Crippen LogP) is 3.43. The molecule has 1 N–H and O–H groups in total. The van der Waals surface area contributed by atoms with Crippen LogP contribution < -0.4 is 4.74 Å². The maximum Gasteiger partial charge on any atom is 0.140 e. The molecule has 0 spiro atoms. The zero-order valence-electron chi connectivity index (χ0n) is 9.26. The van der Waals surface area contributed by atoms with Gasteiger partial charge in [-0.1, -0.05) is 17.7 Å². The quantitative estimate of drug-likeness (QED) is 0.925. The molecule has 90 valence electrons. The molecule has 2 rings (SSSR count). The van der Waals surface area contributed by atoms with Crippen molar-refractivity contribution >= 4 is 22.9 Å². The lowest BCUT2D eigenvalue weighted by Gasteiger charge is -2.09. The molecule has 0 aliphatic carbocycles. The fraction of sp³-hybridized carbons (Fsp3) is 0.250. The van der Waals surface area contributed by atoms with E-state index in [0.717, 1.165) is 10.6 Å². The van der Waals surface area contributed by atoms with Crippen molar-refractivity contribution in [3.8, 4) is 5.75 Å². The van der Waals surface area contributed by atoms with Crippen LogP contribution in [0.2, 0.25) is 5.02 Å². The highest BCUT2D eigenvalue weighted by molar-refractivity contribution is 7.09. The summed E-state index contributed by atoms with van der Waals surface area (Å²) in [5.41, 5.74) is 0.775. The SMILES string of the molecule is CC(O)c1ccc(OCc2nccs2)c(Cl)c1. The van der Waals surface area contributed by atoms with Crippen LogP contribution in [0.3, 0.4) is 0 Å². The fourth-order valence-corrected chi connectivity index (χ4v) is 2.13. The Hall–Kier alpha value is -1.10. The second kappa shape index (κ2) is 5.49. The lowest BCUT2D eigenvalue weighted by molar-refractivity contribution is 0.199. The summed E-state index contributed by atoms with van der Waals surface area (Å²) in [4.78, 5) is 4.12. The van der Waals surface area contributed by atoms with E-state index < -0.39 is 6.10 Å². The number of ether oxygens (including phenoxy) is 1. The summed E-state index contributed by atoms with van der Waals surface area (Å²) in [6.07, 6.45) is 1.21. The van der Waals surface area contributed by atoms with E-state index in [2.05, 4.69) is 4.98 Å². The molecule has 2 aromatic rings. The van der Waals surface area contributed by atoms with Crippen LogP contribution in [0.15, 0.2) is 29.8 Å². The third-order valence-corrected chi connectivity index (χ3v) is 3.32. The van der Waals surface area contributed by atoms with Gasteiger partial charge in [-0.15, -0.1) is 11.3 Å². The number of hydrogen-bond acceptors (Lipinski definition) is 4. The first kappa shape index (κ1) is 12.4. The minimum atomic E-state index is -0.527. The number of benzene rings is 1. The van der Waals surface area contributed by atoms with Gasteiger partial charge in [0.2, 0.25) is 0 Å². The Labute approximate surface area is 109 Å². The Morgan fingerprint density at radius 2 is 2.35 bits per heavy atom. The molecule has 0 saturated heterocycles. The van der Waals surface area contributed by atoms with Gasteiger partial charge in [0.05, 0.1) is 11.1 Å².